The Kier molecular flexibility index (Phi) is 3.56. The van der Waals surface area contributed by atoms with E-state index in [4.69, 9.17) is 19.7 Å². The lowest BCUT2D eigenvalue weighted by molar-refractivity contribution is 0.280. The molecule has 0 aliphatic heterocycles. The molecule has 2 aromatic rings. The Morgan fingerprint density at radius 1 is 1.45 bits per heavy atom. The van der Waals surface area contributed by atoms with Crippen molar-refractivity contribution in [2.24, 2.45) is 5.92 Å². The van der Waals surface area contributed by atoms with Crippen LogP contribution in [0, 0.1) is 5.92 Å². The third-order valence-corrected chi connectivity index (χ3v) is 3.88. The highest BCUT2D eigenvalue weighted by molar-refractivity contribution is 9.10. The molecule has 1 fully saturated rings. The van der Waals surface area contributed by atoms with Gasteiger partial charge in [-0.3, -0.25) is 0 Å². The van der Waals surface area contributed by atoms with Gasteiger partial charge in [0.25, 0.3) is 0 Å². The van der Waals surface area contributed by atoms with Gasteiger partial charge in [0, 0.05) is 0 Å². The summed E-state index contributed by atoms with van der Waals surface area (Å²) in [5, 5.41) is 3.70. The highest BCUT2D eigenvalue weighted by Crippen LogP contribution is 2.41. The second-order valence-electron chi connectivity index (χ2n) is 4.85. The molecule has 0 bridgehead atoms. The normalized spacial score (nSPS) is 14.3. The zero-order chi connectivity index (χ0) is 14.1. The monoisotopic (exact) mass is 338 g/mol. The first-order valence-electron chi connectivity index (χ1n) is 6.40. The molecule has 1 aliphatic carbocycles. The molecule has 1 aliphatic rings. The second-order valence-corrected chi connectivity index (χ2v) is 5.70. The summed E-state index contributed by atoms with van der Waals surface area (Å²) < 4.78 is 17.0. The molecule has 1 aromatic carbocycles. The van der Waals surface area contributed by atoms with Crippen LogP contribution in [-0.2, 0) is 0 Å². The number of hydrogen-bond acceptors (Lipinski definition) is 5. The fourth-order valence-electron chi connectivity index (χ4n) is 1.99. The van der Waals surface area contributed by atoms with Crippen molar-refractivity contribution in [3.05, 3.63) is 22.8 Å². The van der Waals surface area contributed by atoms with Crippen molar-refractivity contribution in [3.8, 4) is 22.6 Å². The molecule has 0 unspecified atom stereocenters. The van der Waals surface area contributed by atoms with Crippen molar-refractivity contribution in [2.75, 3.05) is 19.5 Å². The molecule has 0 spiro atoms. The predicted octanol–water partition coefficient (Wildman–Crippen LogP) is 3.48. The molecule has 20 heavy (non-hydrogen) atoms. The number of ether oxygens (including phenoxy) is 2. The number of nitrogens with zero attached hydrogens (tertiary/aromatic N) is 1. The van der Waals surface area contributed by atoms with Gasteiger partial charge < -0.3 is 19.7 Å². The van der Waals surface area contributed by atoms with E-state index in [-0.39, 0.29) is 5.88 Å². The minimum atomic E-state index is 0.287. The third kappa shape index (κ3) is 2.60. The maximum atomic E-state index is 5.86. The number of hydrogen-bond donors (Lipinski definition) is 1. The number of halogens is 1. The lowest BCUT2D eigenvalue weighted by Crippen LogP contribution is -2.01. The largest absolute Gasteiger partial charge is 0.492 e. The maximum Gasteiger partial charge on any atom is 0.229 e. The number of aromatic nitrogens is 1. The number of rotatable bonds is 5. The zero-order valence-electron chi connectivity index (χ0n) is 11.1. The Balaban J connectivity index is 1.97. The number of nitrogens with two attached hydrogens (primary N) is 1. The quantitative estimate of drug-likeness (QED) is 0.903. The van der Waals surface area contributed by atoms with Crippen molar-refractivity contribution in [1.29, 1.82) is 0 Å². The first kappa shape index (κ1) is 13.3. The van der Waals surface area contributed by atoms with Crippen molar-refractivity contribution >= 4 is 21.8 Å². The van der Waals surface area contributed by atoms with E-state index in [1.165, 1.54) is 12.8 Å². The SMILES string of the molecule is COc1c(Br)cc(-c2cnoc2N)cc1OCC1CC1. The Morgan fingerprint density at radius 3 is 2.85 bits per heavy atom. The van der Waals surface area contributed by atoms with Crippen LogP contribution in [0.1, 0.15) is 12.8 Å². The van der Waals surface area contributed by atoms with Crippen LogP contribution >= 0.6 is 15.9 Å². The van der Waals surface area contributed by atoms with Gasteiger partial charge in [-0.1, -0.05) is 5.16 Å². The topological polar surface area (TPSA) is 70.5 Å². The maximum absolute atomic E-state index is 5.86. The number of nitrogen functional groups attached to an aromatic ring is 1. The molecule has 0 amide bonds. The summed E-state index contributed by atoms with van der Waals surface area (Å²) in [5.74, 6) is 2.34. The number of benzene rings is 1. The summed E-state index contributed by atoms with van der Waals surface area (Å²) in [6.45, 7) is 0.714. The second kappa shape index (κ2) is 5.36. The average molecular weight is 339 g/mol. The molecule has 1 heterocycles. The molecule has 0 radical (unpaired) electrons. The van der Waals surface area contributed by atoms with E-state index in [0.717, 1.165) is 15.6 Å². The van der Waals surface area contributed by atoms with Gasteiger partial charge in [0.1, 0.15) is 0 Å². The summed E-state index contributed by atoms with van der Waals surface area (Å²) in [6.07, 6.45) is 4.07. The summed E-state index contributed by atoms with van der Waals surface area (Å²) in [6, 6.07) is 3.81. The van der Waals surface area contributed by atoms with Crippen molar-refractivity contribution in [3.63, 3.8) is 0 Å². The van der Waals surface area contributed by atoms with E-state index >= 15 is 0 Å². The summed E-state index contributed by atoms with van der Waals surface area (Å²) in [5.41, 5.74) is 7.38. The van der Waals surface area contributed by atoms with Crippen LogP contribution < -0.4 is 15.2 Å². The average Bonchev–Trinajstić information content (AvgIpc) is 3.16. The smallest absolute Gasteiger partial charge is 0.229 e. The molecule has 1 saturated carbocycles. The Labute approximate surface area is 125 Å². The fraction of sp³-hybridized carbons (Fsp3) is 0.357. The van der Waals surface area contributed by atoms with Gasteiger partial charge >= 0.3 is 0 Å². The molecule has 0 atom stereocenters. The van der Waals surface area contributed by atoms with E-state index in [9.17, 15) is 0 Å². The zero-order valence-corrected chi connectivity index (χ0v) is 12.6. The van der Waals surface area contributed by atoms with E-state index < -0.39 is 0 Å². The highest BCUT2D eigenvalue weighted by Gasteiger charge is 2.23. The van der Waals surface area contributed by atoms with Gasteiger partial charge in [-0.05, 0) is 52.4 Å². The van der Waals surface area contributed by atoms with Crippen LogP contribution in [0.2, 0.25) is 0 Å². The molecule has 1 aromatic heterocycles. The highest BCUT2D eigenvalue weighted by atomic mass is 79.9. The lowest BCUT2D eigenvalue weighted by Gasteiger charge is -2.13. The van der Waals surface area contributed by atoms with Crippen LogP contribution in [-0.4, -0.2) is 18.9 Å². The summed E-state index contributed by atoms with van der Waals surface area (Å²) in [4.78, 5) is 0. The minimum Gasteiger partial charge on any atom is -0.492 e. The van der Waals surface area contributed by atoms with E-state index in [1.54, 1.807) is 13.3 Å². The molecular formula is C14H15BrN2O3. The first-order valence-corrected chi connectivity index (χ1v) is 7.19. The number of methoxy groups -OCH3 is 1. The van der Waals surface area contributed by atoms with Crippen molar-refractivity contribution < 1.29 is 14.0 Å². The standard InChI is InChI=1S/C14H15BrN2O3/c1-18-13-11(15)4-9(10-6-17-20-14(10)16)5-12(13)19-7-8-2-3-8/h4-6,8H,2-3,7,16H2,1H3. The minimum absolute atomic E-state index is 0.287. The molecule has 3 rings (SSSR count). The molecule has 5 nitrogen and oxygen atoms in total. The molecular weight excluding hydrogens is 324 g/mol. The fourth-order valence-corrected chi connectivity index (χ4v) is 2.59. The summed E-state index contributed by atoms with van der Waals surface area (Å²) in [7, 11) is 1.62. The van der Waals surface area contributed by atoms with Gasteiger partial charge in [-0.25, -0.2) is 0 Å². The van der Waals surface area contributed by atoms with Crippen molar-refractivity contribution in [1.82, 2.24) is 5.16 Å². The van der Waals surface area contributed by atoms with Gasteiger partial charge in [-0.15, -0.1) is 0 Å². The van der Waals surface area contributed by atoms with E-state index in [0.29, 0.717) is 24.0 Å². The van der Waals surface area contributed by atoms with Crippen LogP contribution in [0.4, 0.5) is 5.88 Å². The third-order valence-electron chi connectivity index (χ3n) is 3.29. The van der Waals surface area contributed by atoms with E-state index in [1.807, 2.05) is 12.1 Å². The van der Waals surface area contributed by atoms with Crippen LogP contribution in [0.3, 0.4) is 0 Å². The molecule has 0 saturated heterocycles. The number of anilines is 1. The summed E-state index contributed by atoms with van der Waals surface area (Å²) >= 11 is 3.49. The van der Waals surface area contributed by atoms with E-state index in [2.05, 4.69) is 21.1 Å². The van der Waals surface area contributed by atoms with Gasteiger partial charge in [0.2, 0.25) is 5.88 Å². The van der Waals surface area contributed by atoms with Crippen LogP contribution in [0.5, 0.6) is 11.5 Å². The first-order chi connectivity index (χ1) is 9.69. The van der Waals surface area contributed by atoms with Gasteiger partial charge in [-0.2, -0.15) is 0 Å². The molecule has 2 N–H and O–H groups in total. The van der Waals surface area contributed by atoms with Gasteiger partial charge in [0.05, 0.1) is 29.9 Å². The van der Waals surface area contributed by atoms with Crippen molar-refractivity contribution in [2.45, 2.75) is 12.8 Å². The molecule has 6 heteroatoms. The lowest BCUT2D eigenvalue weighted by atomic mass is 10.1. The van der Waals surface area contributed by atoms with Crippen LogP contribution in [0.15, 0.2) is 27.3 Å². The Morgan fingerprint density at radius 2 is 2.25 bits per heavy atom. The van der Waals surface area contributed by atoms with Gasteiger partial charge in [0.15, 0.2) is 11.5 Å². The Bertz CT molecular complexity index is 623. The predicted molar refractivity (Wildman–Crippen MR) is 78.8 cm³/mol. The Hall–Kier alpha value is -1.69. The van der Waals surface area contributed by atoms with Crippen LogP contribution in [0.25, 0.3) is 11.1 Å². The molecule has 106 valence electrons.